The third-order valence-electron chi connectivity index (χ3n) is 2.11. The van der Waals surface area contributed by atoms with Gasteiger partial charge in [0.2, 0.25) is 0 Å². The van der Waals surface area contributed by atoms with E-state index in [4.69, 9.17) is 21.4 Å². The highest BCUT2D eigenvalue weighted by molar-refractivity contribution is 7.99. The van der Waals surface area contributed by atoms with Gasteiger partial charge >= 0.3 is 5.97 Å². The molecule has 0 bridgehead atoms. The summed E-state index contributed by atoms with van der Waals surface area (Å²) >= 11 is 7.37. The third kappa shape index (κ3) is 5.44. The van der Waals surface area contributed by atoms with E-state index in [1.54, 1.807) is 18.7 Å². The molecule has 0 aliphatic heterocycles. The molecular formula is C12H15ClO3S. The van der Waals surface area contributed by atoms with Crippen LogP contribution in [0.4, 0.5) is 0 Å². The van der Waals surface area contributed by atoms with Crippen molar-refractivity contribution in [1.29, 1.82) is 0 Å². The second kappa shape index (κ2) is 7.58. The van der Waals surface area contributed by atoms with E-state index >= 15 is 0 Å². The van der Waals surface area contributed by atoms with Gasteiger partial charge in [0.15, 0.2) is 6.10 Å². The Morgan fingerprint density at radius 1 is 1.47 bits per heavy atom. The van der Waals surface area contributed by atoms with Crippen LogP contribution in [0.1, 0.15) is 13.3 Å². The molecule has 1 aromatic carbocycles. The molecule has 0 saturated heterocycles. The van der Waals surface area contributed by atoms with E-state index in [9.17, 15) is 4.79 Å². The minimum absolute atomic E-state index is 0.419. The first kappa shape index (κ1) is 14.4. The van der Waals surface area contributed by atoms with Gasteiger partial charge in [-0.2, -0.15) is 0 Å². The number of halogens is 1. The number of hydrogen-bond acceptors (Lipinski definition) is 3. The monoisotopic (exact) mass is 274 g/mol. The molecule has 0 saturated carbocycles. The smallest absolute Gasteiger partial charge is 0.332 e. The van der Waals surface area contributed by atoms with Crippen LogP contribution >= 0.6 is 23.4 Å². The average molecular weight is 275 g/mol. The van der Waals surface area contributed by atoms with E-state index in [0.29, 0.717) is 23.8 Å². The SMILES string of the molecule is CCOC(CCSc1ccc(Cl)cc1)C(=O)O. The molecule has 5 heteroatoms. The van der Waals surface area contributed by atoms with Crippen molar-refractivity contribution in [2.24, 2.45) is 0 Å². The molecule has 0 aromatic heterocycles. The number of carboxylic acid groups (broad SMARTS) is 1. The maximum Gasteiger partial charge on any atom is 0.332 e. The first-order valence-electron chi connectivity index (χ1n) is 5.36. The summed E-state index contributed by atoms with van der Waals surface area (Å²) < 4.78 is 5.13. The number of benzene rings is 1. The molecule has 1 aromatic rings. The van der Waals surface area contributed by atoms with E-state index < -0.39 is 12.1 Å². The lowest BCUT2D eigenvalue weighted by Crippen LogP contribution is -2.24. The largest absolute Gasteiger partial charge is 0.479 e. The number of thioether (sulfide) groups is 1. The Bertz CT molecular complexity index is 353. The van der Waals surface area contributed by atoms with Gasteiger partial charge in [0, 0.05) is 22.3 Å². The van der Waals surface area contributed by atoms with Gasteiger partial charge in [-0.15, -0.1) is 11.8 Å². The summed E-state index contributed by atoms with van der Waals surface area (Å²) in [5.74, 6) is -0.193. The molecule has 1 atom stereocenters. The fourth-order valence-electron chi connectivity index (χ4n) is 1.29. The molecule has 3 nitrogen and oxygen atoms in total. The van der Waals surface area contributed by atoms with Crippen LogP contribution in [0.25, 0.3) is 0 Å². The number of carbonyl (C=O) groups is 1. The molecule has 0 fully saturated rings. The van der Waals surface area contributed by atoms with Gasteiger partial charge < -0.3 is 9.84 Å². The van der Waals surface area contributed by atoms with Crippen LogP contribution in [0.5, 0.6) is 0 Å². The quantitative estimate of drug-likeness (QED) is 0.775. The van der Waals surface area contributed by atoms with Crippen LogP contribution in [0, 0.1) is 0 Å². The summed E-state index contributed by atoms with van der Waals surface area (Å²) in [6, 6.07) is 7.48. The van der Waals surface area contributed by atoms with Crippen molar-refractivity contribution in [2.75, 3.05) is 12.4 Å². The molecule has 0 aliphatic rings. The highest BCUT2D eigenvalue weighted by Crippen LogP contribution is 2.21. The lowest BCUT2D eigenvalue weighted by Gasteiger charge is -2.11. The average Bonchev–Trinajstić information content (AvgIpc) is 2.30. The maximum atomic E-state index is 10.8. The first-order chi connectivity index (χ1) is 8.13. The molecule has 0 amide bonds. The molecule has 1 N–H and O–H groups in total. The Morgan fingerprint density at radius 2 is 2.12 bits per heavy atom. The molecule has 94 valence electrons. The Labute approximate surface area is 110 Å². The van der Waals surface area contributed by atoms with Crippen LogP contribution in [0.15, 0.2) is 29.2 Å². The molecule has 0 aliphatic carbocycles. The summed E-state index contributed by atoms with van der Waals surface area (Å²) in [6.07, 6.45) is -0.212. The maximum absolute atomic E-state index is 10.8. The second-order valence-electron chi connectivity index (χ2n) is 3.37. The molecular weight excluding hydrogens is 260 g/mol. The Balaban J connectivity index is 2.35. The zero-order chi connectivity index (χ0) is 12.7. The molecule has 1 unspecified atom stereocenters. The van der Waals surface area contributed by atoms with Crippen LogP contribution < -0.4 is 0 Å². The van der Waals surface area contributed by atoms with Gasteiger partial charge in [-0.05, 0) is 37.6 Å². The third-order valence-corrected chi connectivity index (χ3v) is 3.40. The molecule has 0 spiro atoms. The van der Waals surface area contributed by atoms with E-state index in [-0.39, 0.29) is 0 Å². The standard InChI is InChI=1S/C12H15ClO3S/c1-2-16-11(12(14)15)7-8-17-10-5-3-9(13)4-6-10/h3-6,11H,2,7-8H2,1H3,(H,14,15). The second-order valence-corrected chi connectivity index (χ2v) is 4.98. The summed E-state index contributed by atoms with van der Waals surface area (Å²) in [6.45, 7) is 2.21. The predicted octanol–water partition coefficient (Wildman–Crippen LogP) is 3.31. The number of rotatable bonds is 7. The molecule has 0 heterocycles. The van der Waals surface area contributed by atoms with Crippen LogP contribution in [-0.4, -0.2) is 29.5 Å². The number of hydrogen-bond donors (Lipinski definition) is 1. The van der Waals surface area contributed by atoms with E-state index in [2.05, 4.69) is 0 Å². The zero-order valence-electron chi connectivity index (χ0n) is 9.56. The highest BCUT2D eigenvalue weighted by atomic mass is 35.5. The van der Waals surface area contributed by atoms with Gasteiger partial charge in [0.05, 0.1) is 0 Å². The lowest BCUT2D eigenvalue weighted by atomic mass is 10.3. The number of ether oxygens (including phenoxy) is 1. The summed E-state index contributed by atoms with van der Waals surface area (Å²) in [4.78, 5) is 11.9. The van der Waals surface area contributed by atoms with Crippen molar-refractivity contribution in [2.45, 2.75) is 24.3 Å². The summed E-state index contributed by atoms with van der Waals surface area (Å²) in [7, 11) is 0. The number of aliphatic carboxylic acids is 1. The minimum atomic E-state index is -0.899. The fraction of sp³-hybridized carbons (Fsp3) is 0.417. The number of carboxylic acids is 1. The van der Waals surface area contributed by atoms with Gasteiger partial charge in [-0.25, -0.2) is 4.79 Å². The fourth-order valence-corrected chi connectivity index (χ4v) is 2.32. The Kier molecular flexibility index (Phi) is 6.40. The highest BCUT2D eigenvalue weighted by Gasteiger charge is 2.16. The summed E-state index contributed by atoms with van der Waals surface area (Å²) in [5.41, 5.74) is 0. The van der Waals surface area contributed by atoms with Crippen LogP contribution in [0.3, 0.4) is 0 Å². The van der Waals surface area contributed by atoms with Gasteiger partial charge in [-0.3, -0.25) is 0 Å². The van der Waals surface area contributed by atoms with Crippen molar-refractivity contribution in [3.05, 3.63) is 29.3 Å². The minimum Gasteiger partial charge on any atom is -0.479 e. The van der Waals surface area contributed by atoms with Crippen molar-refractivity contribution < 1.29 is 14.6 Å². The normalized spacial score (nSPS) is 12.4. The van der Waals surface area contributed by atoms with E-state index in [1.165, 1.54) is 0 Å². The Morgan fingerprint density at radius 3 is 2.65 bits per heavy atom. The zero-order valence-corrected chi connectivity index (χ0v) is 11.1. The molecule has 0 radical (unpaired) electrons. The first-order valence-corrected chi connectivity index (χ1v) is 6.72. The predicted molar refractivity (Wildman–Crippen MR) is 69.8 cm³/mol. The molecule has 1 rings (SSSR count). The topological polar surface area (TPSA) is 46.5 Å². The van der Waals surface area contributed by atoms with Crippen molar-refractivity contribution >= 4 is 29.3 Å². The molecule has 17 heavy (non-hydrogen) atoms. The van der Waals surface area contributed by atoms with Crippen molar-refractivity contribution in [3.63, 3.8) is 0 Å². The summed E-state index contributed by atoms with van der Waals surface area (Å²) in [5, 5.41) is 9.59. The van der Waals surface area contributed by atoms with Crippen LogP contribution in [0.2, 0.25) is 5.02 Å². The van der Waals surface area contributed by atoms with Gasteiger partial charge in [0.25, 0.3) is 0 Å². The van der Waals surface area contributed by atoms with E-state index in [1.807, 2.05) is 24.3 Å². The van der Waals surface area contributed by atoms with Crippen LogP contribution in [-0.2, 0) is 9.53 Å². The van der Waals surface area contributed by atoms with Crippen molar-refractivity contribution in [3.8, 4) is 0 Å². The van der Waals surface area contributed by atoms with E-state index in [0.717, 1.165) is 4.90 Å². The van der Waals surface area contributed by atoms with Crippen molar-refractivity contribution in [1.82, 2.24) is 0 Å². The lowest BCUT2D eigenvalue weighted by molar-refractivity contribution is -0.150. The van der Waals surface area contributed by atoms with Gasteiger partial charge in [0.1, 0.15) is 0 Å². The van der Waals surface area contributed by atoms with Gasteiger partial charge in [-0.1, -0.05) is 11.6 Å². The Hall–Kier alpha value is -0.710.